The first-order chi connectivity index (χ1) is 18.6. The van der Waals surface area contributed by atoms with Crippen LogP contribution in [0.2, 0.25) is 0 Å². The minimum absolute atomic E-state index is 0.179. The molecule has 0 aliphatic heterocycles. The summed E-state index contributed by atoms with van der Waals surface area (Å²) in [5, 5.41) is 2.08. The molecule has 0 amide bonds. The second-order valence-electron chi connectivity index (χ2n) is 11.5. The molecule has 4 aromatic rings. The Kier molecular flexibility index (Phi) is 6.79. The Hall–Kier alpha value is -2.70. The lowest BCUT2D eigenvalue weighted by Gasteiger charge is -2.21. The lowest BCUT2D eigenvalue weighted by atomic mass is 9.84. The SMILES string of the molecule is Cc1c(C)c(C)c2c(c1C)c(C1=C(Br)C(=O)C(c3c(C)n(C)c4c(C)c(C)c(C)c(C)c34)=C(Br)C1=O)c(C)n2C. The number of fused-ring (bicyclic) bond motifs is 2. The van der Waals surface area contributed by atoms with E-state index in [1.54, 1.807) is 0 Å². The average Bonchev–Trinajstić information content (AvgIpc) is 3.33. The number of carbonyl (C=O) groups is 2. The van der Waals surface area contributed by atoms with Crippen LogP contribution in [0.4, 0.5) is 0 Å². The van der Waals surface area contributed by atoms with Crippen molar-refractivity contribution >= 4 is 76.4 Å². The smallest absolute Gasteiger partial charge is 0.202 e. The largest absolute Gasteiger partial charge is 0.347 e. The van der Waals surface area contributed by atoms with Crippen LogP contribution < -0.4 is 0 Å². The molecule has 0 spiro atoms. The van der Waals surface area contributed by atoms with Crippen molar-refractivity contribution in [2.75, 3.05) is 0 Å². The van der Waals surface area contributed by atoms with Gasteiger partial charge in [0.2, 0.25) is 11.6 Å². The second-order valence-corrected chi connectivity index (χ2v) is 13.1. The van der Waals surface area contributed by atoms with Gasteiger partial charge < -0.3 is 9.13 Å². The number of ketones is 2. The molecular formula is C34H36Br2N2O2. The molecule has 208 valence electrons. The normalized spacial score (nSPS) is 14.7. The molecule has 2 heterocycles. The zero-order valence-electron chi connectivity index (χ0n) is 25.5. The van der Waals surface area contributed by atoms with Crippen LogP contribution in [0.5, 0.6) is 0 Å². The van der Waals surface area contributed by atoms with Gasteiger partial charge in [-0.3, -0.25) is 9.59 Å². The van der Waals surface area contributed by atoms with Crippen molar-refractivity contribution in [3.8, 4) is 0 Å². The van der Waals surface area contributed by atoms with Gasteiger partial charge in [-0.05, 0) is 146 Å². The van der Waals surface area contributed by atoms with Crippen molar-refractivity contribution in [2.24, 2.45) is 14.1 Å². The summed E-state index contributed by atoms with van der Waals surface area (Å²) >= 11 is 7.32. The topological polar surface area (TPSA) is 44.0 Å². The zero-order chi connectivity index (χ0) is 29.9. The summed E-state index contributed by atoms with van der Waals surface area (Å²) in [6.45, 7) is 21.1. The summed E-state index contributed by atoms with van der Waals surface area (Å²) in [7, 11) is 4.08. The summed E-state index contributed by atoms with van der Waals surface area (Å²) < 4.78 is 4.94. The van der Waals surface area contributed by atoms with Crippen LogP contribution in [0.3, 0.4) is 0 Å². The van der Waals surface area contributed by atoms with Crippen molar-refractivity contribution in [2.45, 2.75) is 69.2 Å². The molecule has 0 N–H and O–H groups in total. The number of halogens is 2. The third-order valence-electron chi connectivity index (χ3n) is 10.0. The minimum Gasteiger partial charge on any atom is -0.347 e. The number of rotatable bonds is 2. The lowest BCUT2D eigenvalue weighted by molar-refractivity contribution is -0.113. The maximum absolute atomic E-state index is 14.4. The van der Waals surface area contributed by atoms with Gasteiger partial charge in [0.05, 0.1) is 31.1 Å². The maximum Gasteiger partial charge on any atom is 0.202 e. The number of hydrogen-bond donors (Lipinski definition) is 0. The number of benzene rings is 2. The van der Waals surface area contributed by atoms with Gasteiger partial charge in [0.25, 0.3) is 0 Å². The van der Waals surface area contributed by atoms with Crippen LogP contribution in [0, 0.1) is 69.2 Å². The van der Waals surface area contributed by atoms with Crippen molar-refractivity contribution < 1.29 is 9.59 Å². The van der Waals surface area contributed by atoms with Crippen molar-refractivity contribution in [3.63, 3.8) is 0 Å². The van der Waals surface area contributed by atoms with Gasteiger partial charge in [-0.15, -0.1) is 0 Å². The highest BCUT2D eigenvalue weighted by Gasteiger charge is 2.39. The number of carbonyl (C=O) groups excluding carboxylic acids is 2. The summed E-state index contributed by atoms with van der Waals surface area (Å²) in [4.78, 5) is 28.8. The highest BCUT2D eigenvalue weighted by Crippen LogP contribution is 2.48. The first-order valence-electron chi connectivity index (χ1n) is 13.6. The van der Waals surface area contributed by atoms with Crippen molar-refractivity contribution in [1.82, 2.24) is 9.13 Å². The third kappa shape index (κ3) is 3.48. The molecule has 4 nitrogen and oxygen atoms in total. The van der Waals surface area contributed by atoms with Crippen LogP contribution in [-0.4, -0.2) is 20.7 Å². The third-order valence-corrected chi connectivity index (χ3v) is 11.5. The van der Waals surface area contributed by atoms with Crippen LogP contribution in [0.15, 0.2) is 8.96 Å². The van der Waals surface area contributed by atoms with E-state index in [1.807, 2.05) is 27.9 Å². The Bertz CT molecular complexity index is 1820. The number of Topliss-reactive ketones (excluding diaryl/α,β-unsaturated/α-hetero) is 2. The molecule has 0 bridgehead atoms. The molecule has 0 atom stereocenters. The van der Waals surface area contributed by atoms with Crippen LogP contribution >= 0.6 is 31.9 Å². The Labute approximate surface area is 253 Å². The Balaban J connectivity index is 1.86. The molecule has 1 aliphatic carbocycles. The predicted octanol–water partition coefficient (Wildman–Crippen LogP) is 8.82. The van der Waals surface area contributed by atoms with E-state index in [-0.39, 0.29) is 11.6 Å². The number of hydrogen-bond acceptors (Lipinski definition) is 2. The predicted molar refractivity (Wildman–Crippen MR) is 175 cm³/mol. The van der Waals surface area contributed by atoms with E-state index in [0.717, 1.165) is 55.4 Å². The molecule has 0 radical (unpaired) electrons. The van der Waals surface area contributed by atoms with E-state index in [2.05, 4.69) is 96.4 Å². The summed E-state index contributed by atoms with van der Waals surface area (Å²) in [5.41, 5.74) is 16.2. The molecule has 40 heavy (non-hydrogen) atoms. The Morgan fingerprint density at radius 1 is 0.450 bits per heavy atom. The Morgan fingerprint density at radius 3 is 1.02 bits per heavy atom. The van der Waals surface area contributed by atoms with Crippen LogP contribution in [-0.2, 0) is 23.7 Å². The molecule has 0 unspecified atom stereocenters. The quantitative estimate of drug-likeness (QED) is 0.201. The number of aromatic nitrogens is 2. The fraction of sp³-hybridized carbons (Fsp3) is 0.353. The van der Waals surface area contributed by atoms with Gasteiger partial charge in [0, 0.05) is 47.4 Å². The standard InChI is InChI=1S/C34H36Br2N2O2/c1-13-15(3)19(7)31-23(17(13)5)25(21(9)37(31)11)27-29(35)34(40)28(30(36)33(27)39)26-22(10)38(12)32-20(8)16(4)14(2)18(6)24(26)32/h1-12H3. The molecular weight excluding hydrogens is 628 g/mol. The van der Waals surface area contributed by atoms with Crippen molar-refractivity contribution in [1.29, 1.82) is 0 Å². The van der Waals surface area contributed by atoms with Gasteiger partial charge >= 0.3 is 0 Å². The molecule has 0 fully saturated rings. The fourth-order valence-electron chi connectivity index (χ4n) is 6.77. The minimum atomic E-state index is -0.179. The second kappa shape index (κ2) is 9.42. The number of aryl methyl sites for hydroxylation is 6. The van der Waals surface area contributed by atoms with E-state index in [1.165, 1.54) is 33.4 Å². The number of allylic oxidation sites excluding steroid dienone is 4. The maximum atomic E-state index is 14.4. The van der Waals surface area contributed by atoms with Gasteiger partial charge in [-0.1, -0.05) is 0 Å². The highest BCUT2D eigenvalue weighted by molar-refractivity contribution is 9.12. The lowest BCUT2D eigenvalue weighted by Crippen LogP contribution is -2.19. The molecule has 5 rings (SSSR count). The molecule has 6 heteroatoms. The van der Waals surface area contributed by atoms with Gasteiger partial charge in [-0.2, -0.15) is 0 Å². The highest BCUT2D eigenvalue weighted by atomic mass is 79.9. The van der Waals surface area contributed by atoms with Gasteiger partial charge in [0.15, 0.2) is 0 Å². The fourth-order valence-corrected chi connectivity index (χ4v) is 7.93. The van der Waals surface area contributed by atoms with E-state index >= 15 is 0 Å². The summed E-state index contributed by atoms with van der Waals surface area (Å²) in [6, 6.07) is 0. The van der Waals surface area contributed by atoms with Gasteiger partial charge in [-0.25, -0.2) is 0 Å². The summed E-state index contributed by atoms with van der Waals surface area (Å²) in [6.07, 6.45) is 0. The van der Waals surface area contributed by atoms with Crippen molar-refractivity contribution in [3.05, 3.63) is 76.0 Å². The van der Waals surface area contributed by atoms with E-state index in [9.17, 15) is 9.59 Å². The van der Waals surface area contributed by atoms with E-state index in [4.69, 9.17) is 0 Å². The zero-order valence-corrected chi connectivity index (χ0v) is 28.6. The molecule has 2 aromatic heterocycles. The first-order valence-corrected chi connectivity index (χ1v) is 15.2. The Morgan fingerprint density at radius 2 is 0.725 bits per heavy atom. The van der Waals surface area contributed by atoms with E-state index in [0.29, 0.717) is 20.1 Å². The molecule has 0 saturated heterocycles. The molecule has 0 saturated carbocycles. The van der Waals surface area contributed by atoms with Crippen LogP contribution in [0.25, 0.3) is 33.0 Å². The molecule has 1 aliphatic rings. The van der Waals surface area contributed by atoms with Crippen LogP contribution in [0.1, 0.15) is 67.0 Å². The average molecular weight is 664 g/mol. The molecule has 2 aromatic carbocycles. The summed E-state index contributed by atoms with van der Waals surface area (Å²) in [5.74, 6) is -0.357. The first kappa shape index (κ1) is 28.8. The van der Waals surface area contributed by atoms with E-state index < -0.39 is 0 Å². The van der Waals surface area contributed by atoms with Gasteiger partial charge in [0.1, 0.15) is 0 Å². The monoisotopic (exact) mass is 662 g/mol. The number of nitrogens with zero attached hydrogens (tertiary/aromatic N) is 2.